The lowest BCUT2D eigenvalue weighted by atomic mass is 10.1. The lowest BCUT2D eigenvalue weighted by Gasteiger charge is -2.11. The molecule has 0 unspecified atom stereocenters. The second-order valence-electron chi connectivity index (χ2n) is 4.08. The highest BCUT2D eigenvalue weighted by atomic mass is 35.5. The van der Waals surface area contributed by atoms with E-state index < -0.39 is 5.82 Å². The van der Waals surface area contributed by atoms with E-state index in [0.717, 1.165) is 23.1 Å². The number of aromatic nitrogens is 1. The topological polar surface area (TPSA) is 22.1 Å². The largest absolute Gasteiger partial charge is 0.491 e. The smallest absolute Gasteiger partial charge is 0.167 e. The number of hydrogen-bond acceptors (Lipinski definition) is 2. The van der Waals surface area contributed by atoms with Gasteiger partial charge in [-0.05, 0) is 31.9 Å². The fourth-order valence-electron chi connectivity index (χ4n) is 2.06. The Balaban J connectivity index is 2.74. The first-order chi connectivity index (χ1) is 8.58. The molecule has 0 radical (unpaired) electrons. The van der Waals surface area contributed by atoms with Gasteiger partial charge in [0.25, 0.3) is 0 Å². The first-order valence-electron chi connectivity index (χ1n) is 5.99. The van der Waals surface area contributed by atoms with E-state index in [1.165, 1.54) is 6.07 Å². The van der Waals surface area contributed by atoms with Crippen LogP contribution in [-0.4, -0.2) is 11.6 Å². The normalized spacial score (nSPS) is 10.9. The maximum atomic E-state index is 13.7. The zero-order chi connectivity index (χ0) is 13.3. The van der Waals surface area contributed by atoms with Crippen molar-refractivity contribution < 1.29 is 9.13 Å². The molecule has 2 nitrogen and oxygen atoms in total. The van der Waals surface area contributed by atoms with Gasteiger partial charge in [-0.25, -0.2) is 4.39 Å². The Hall–Kier alpha value is -1.35. The van der Waals surface area contributed by atoms with Gasteiger partial charge in [0.1, 0.15) is 0 Å². The lowest BCUT2D eigenvalue weighted by molar-refractivity contribution is 0.322. The minimum atomic E-state index is -0.406. The molecule has 1 aromatic carbocycles. The average molecular weight is 268 g/mol. The zero-order valence-electron chi connectivity index (χ0n) is 10.7. The summed E-state index contributed by atoms with van der Waals surface area (Å²) in [5, 5.41) is 1.38. The van der Waals surface area contributed by atoms with Crippen LogP contribution in [0.3, 0.4) is 0 Å². The van der Waals surface area contributed by atoms with Gasteiger partial charge in [0.2, 0.25) is 0 Å². The number of ether oxygens (including phenoxy) is 1. The summed E-state index contributed by atoms with van der Waals surface area (Å²) in [6.07, 6.45) is 0.801. The third kappa shape index (κ3) is 2.15. The maximum Gasteiger partial charge on any atom is 0.167 e. The van der Waals surface area contributed by atoms with E-state index in [1.54, 1.807) is 6.07 Å². The Kier molecular flexibility index (Phi) is 3.71. The SMILES string of the molecule is CCOc1cc2c(Cl)c(CC)c(C)nc2cc1F. The van der Waals surface area contributed by atoms with Crippen LogP contribution in [0.4, 0.5) is 4.39 Å². The van der Waals surface area contributed by atoms with Crippen LogP contribution in [0.2, 0.25) is 5.02 Å². The van der Waals surface area contributed by atoms with E-state index in [-0.39, 0.29) is 5.75 Å². The van der Waals surface area contributed by atoms with E-state index in [2.05, 4.69) is 4.98 Å². The molecule has 0 fully saturated rings. The molecule has 0 saturated carbocycles. The molecule has 4 heteroatoms. The number of aryl methyl sites for hydroxylation is 1. The minimum Gasteiger partial charge on any atom is -0.491 e. The summed E-state index contributed by atoms with van der Waals surface area (Å²) in [4.78, 5) is 4.39. The molecule has 1 heterocycles. The highest BCUT2D eigenvalue weighted by molar-refractivity contribution is 6.36. The van der Waals surface area contributed by atoms with Gasteiger partial charge in [-0.3, -0.25) is 4.98 Å². The fourth-order valence-corrected chi connectivity index (χ4v) is 2.48. The van der Waals surface area contributed by atoms with Crippen molar-refractivity contribution in [2.45, 2.75) is 27.2 Å². The first-order valence-corrected chi connectivity index (χ1v) is 6.37. The predicted molar refractivity (Wildman–Crippen MR) is 72.0 cm³/mol. The molecule has 0 aliphatic carbocycles. The van der Waals surface area contributed by atoms with Crippen molar-refractivity contribution in [3.05, 3.63) is 34.2 Å². The summed E-state index contributed by atoms with van der Waals surface area (Å²) >= 11 is 6.35. The van der Waals surface area contributed by atoms with Crippen molar-refractivity contribution >= 4 is 22.5 Å². The van der Waals surface area contributed by atoms with Gasteiger partial charge in [-0.15, -0.1) is 0 Å². The monoisotopic (exact) mass is 267 g/mol. The Bertz CT molecular complexity index is 598. The van der Waals surface area contributed by atoms with Crippen LogP contribution in [-0.2, 0) is 6.42 Å². The number of hydrogen-bond donors (Lipinski definition) is 0. The molecule has 0 aliphatic heterocycles. The van der Waals surface area contributed by atoms with Gasteiger partial charge in [-0.1, -0.05) is 18.5 Å². The molecule has 18 heavy (non-hydrogen) atoms. The number of nitrogens with zero attached hydrogens (tertiary/aromatic N) is 1. The molecule has 0 bridgehead atoms. The second-order valence-corrected chi connectivity index (χ2v) is 4.45. The van der Waals surface area contributed by atoms with Gasteiger partial charge < -0.3 is 4.74 Å². The van der Waals surface area contributed by atoms with Crippen molar-refractivity contribution in [1.29, 1.82) is 0 Å². The Morgan fingerprint density at radius 1 is 1.33 bits per heavy atom. The van der Waals surface area contributed by atoms with Crippen molar-refractivity contribution in [3.8, 4) is 5.75 Å². The van der Waals surface area contributed by atoms with Gasteiger partial charge in [0.15, 0.2) is 11.6 Å². The molecule has 0 atom stereocenters. The molecule has 2 aromatic rings. The molecule has 0 spiro atoms. The summed E-state index contributed by atoms with van der Waals surface area (Å²) in [7, 11) is 0. The number of fused-ring (bicyclic) bond motifs is 1. The van der Waals surface area contributed by atoms with Crippen molar-refractivity contribution in [2.24, 2.45) is 0 Å². The zero-order valence-corrected chi connectivity index (χ0v) is 11.4. The number of halogens is 2. The van der Waals surface area contributed by atoms with E-state index in [9.17, 15) is 4.39 Å². The van der Waals surface area contributed by atoms with Crippen LogP contribution < -0.4 is 4.74 Å². The Labute approximate surface area is 111 Å². The second kappa shape index (κ2) is 5.11. The number of rotatable bonds is 3. The van der Waals surface area contributed by atoms with Crippen LogP contribution in [0.25, 0.3) is 10.9 Å². The number of benzene rings is 1. The highest BCUT2D eigenvalue weighted by Gasteiger charge is 2.13. The van der Waals surface area contributed by atoms with E-state index in [0.29, 0.717) is 17.1 Å². The molecule has 1 aromatic heterocycles. The van der Waals surface area contributed by atoms with E-state index >= 15 is 0 Å². The molecule has 96 valence electrons. The molecular formula is C14H15ClFNO. The Morgan fingerprint density at radius 3 is 2.67 bits per heavy atom. The average Bonchev–Trinajstić information content (AvgIpc) is 2.32. The fraction of sp³-hybridized carbons (Fsp3) is 0.357. The molecule has 0 N–H and O–H groups in total. The lowest BCUT2D eigenvalue weighted by Crippen LogP contribution is -1.98. The van der Waals surface area contributed by atoms with E-state index in [4.69, 9.17) is 16.3 Å². The predicted octanol–water partition coefficient (Wildman–Crippen LogP) is 4.30. The van der Waals surface area contributed by atoms with Gasteiger partial charge >= 0.3 is 0 Å². The summed E-state index contributed by atoms with van der Waals surface area (Å²) in [5.74, 6) is -0.184. The van der Waals surface area contributed by atoms with Crippen LogP contribution in [0.1, 0.15) is 25.1 Å². The summed E-state index contributed by atoms with van der Waals surface area (Å²) in [6.45, 7) is 6.14. The van der Waals surface area contributed by atoms with Crippen molar-refractivity contribution in [3.63, 3.8) is 0 Å². The molecule has 0 aliphatic rings. The van der Waals surface area contributed by atoms with Crippen LogP contribution >= 0.6 is 11.6 Å². The van der Waals surface area contributed by atoms with Gasteiger partial charge in [0, 0.05) is 17.1 Å². The molecule has 0 amide bonds. The summed E-state index contributed by atoms with van der Waals surface area (Å²) < 4.78 is 19.0. The number of pyridine rings is 1. The maximum absolute atomic E-state index is 13.7. The molecule has 2 rings (SSSR count). The third-order valence-electron chi connectivity index (χ3n) is 2.93. The molecule has 0 saturated heterocycles. The van der Waals surface area contributed by atoms with Crippen LogP contribution in [0.15, 0.2) is 12.1 Å². The Morgan fingerprint density at radius 2 is 2.06 bits per heavy atom. The summed E-state index contributed by atoms with van der Waals surface area (Å²) in [6, 6.07) is 3.00. The quantitative estimate of drug-likeness (QED) is 0.827. The van der Waals surface area contributed by atoms with Crippen molar-refractivity contribution in [1.82, 2.24) is 4.98 Å². The minimum absolute atomic E-state index is 0.222. The first kappa shape index (κ1) is 13.1. The molecular weight excluding hydrogens is 253 g/mol. The van der Waals surface area contributed by atoms with Crippen LogP contribution in [0.5, 0.6) is 5.75 Å². The van der Waals surface area contributed by atoms with E-state index in [1.807, 2.05) is 20.8 Å². The summed E-state index contributed by atoms with van der Waals surface area (Å²) in [5.41, 5.74) is 2.41. The standard InChI is InChI=1S/C14H15ClFNO/c1-4-9-8(3)17-12-7-11(16)13(18-5-2)6-10(12)14(9)15/h6-7H,4-5H2,1-3H3. The van der Waals surface area contributed by atoms with Gasteiger partial charge in [-0.2, -0.15) is 0 Å². The van der Waals surface area contributed by atoms with Crippen LogP contribution in [0, 0.1) is 12.7 Å². The highest BCUT2D eigenvalue weighted by Crippen LogP contribution is 2.32. The van der Waals surface area contributed by atoms with Crippen molar-refractivity contribution in [2.75, 3.05) is 6.61 Å². The third-order valence-corrected chi connectivity index (χ3v) is 3.36. The van der Waals surface area contributed by atoms with Gasteiger partial charge in [0.05, 0.1) is 17.1 Å².